The maximum Gasteiger partial charge on any atom is 0.240 e. The quantitative estimate of drug-likeness (QED) is 0.485. The lowest BCUT2D eigenvalue weighted by Crippen LogP contribution is -2.35. The predicted molar refractivity (Wildman–Crippen MR) is 121 cm³/mol. The number of sulfone groups is 1. The molecule has 1 amide bonds. The van der Waals surface area contributed by atoms with Crippen molar-refractivity contribution in [1.82, 2.24) is 14.9 Å². The maximum atomic E-state index is 12.5. The third kappa shape index (κ3) is 6.03. The van der Waals surface area contributed by atoms with Crippen LogP contribution in [0, 0.1) is 0 Å². The van der Waals surface area contributed by atoms with E-state index in [2.05, 4.69) is 20.2 Å². The number of amides is 1. The van der Waals surface area contributed by atoms with Gasteiger partial charge in [0.15, 0.2) is 9.84 Å². The highest BCUT2D eigenvalue weighted by atomic mass is 32.2. The number of carbonyl (C=O) groups is 1. The van der Waals surface area contributed by atoms with Gasteiger partial charge in [0.2, 0.25) is 27.6 Å². The van der Waals surface area contributed by atoms with Crippen molar-refractivity contribution in [3.8, 4) is 11.4 Å². The van der Waals surface area contributed by atoms with Gasteiger partial charge in [0.05, 0.1) is 16.4 Å². The molecule has 2 heterocycles. The number of aromatic nitrogens is 2. The van der Waals surface area contributed by atoms with Crippen LogP contribution < -0.4 is 10.0 Å². The zero-order valence-corrected chi connectivity index (χ0v) is 19.1. The fourth-order valence-corrected chi connectivity index (χ4v) is 6.45. The lowest BCUT2D eigenvalue weighted by Gasteiger charge is -2.12. The molecule has 0 aliphatic carbocycles. The van der Waals surface area contributed by atoms with Crippen LogP contribution in [0.1, 0.15) is 18.7 Å². The van der Waals surface area contributed by atoms with Crippen molar-refractivity contribution in [2.24, 2.45) is 0 Å². The molecule has 0 saturated carbocycles. The first-order valence-electron chi connectivity index (χ1n) is 10.2. The first kappa shape index (κ1) is 23.1. The monoisotopic (exact) mass is 490 g/mol. The average molecular weight is 491 g/mol. The van der Waals surface area contributed by atoms with Gasteiger partial charge in [-0.25, -0.2) is 21.6 Å². The molecule has 1 aliphatic rings. The van der Waals surface area contributed by atoms with Gasteiger partial charge in [0.25, 0.3) is 0 Å². The summed E-state index contributed by atoms with van der Waals surface area (Å²) in [7, 11) is -7.06. The number of nitrogens with zero attached hydrogens (tertiary/aromatic N) is 2. The van der Waals surface area contributed by atoms with Crippen molar-refractivity contribution in [2.75, 3.05) is 16.8 Å². The van der Waals surface area contributed by atoms with Gasteiger partial charge in [-0.05, 0) is 30.7 Å². The van der Waals surface area contributed by atoms with E-state index in [9.17, 15) is 21.6 Å². The Morgan fingerprint density at radius 2 is 1.82 bits per heavy atom. The van der Waals surface area contributed by atoms with Crippen molar-refractivity contribution < 1.29 is 26.2 Å². The second-order valence-electron chi connectivity index (χ2n) is 7.67. The molecule has 12 heteroatoms. The molecular formula is C21H22N4O6S2. The van der Waals surface area contributed by atoms with Gasteiger partial charge < -0.3 is 9.84 Å². The second kappa shape index (κ2) is 9.41. The highest BCUT2D eigenvalue weighted by Gasteiger charge is 2.31. The summed E-state index contributed by atoms with van der Waals surface area (Å²) in [5.74, 6) is 0.270. The number of rotatable bonds is 8. The van der Waals surface area contributed by atoms with Crippen LogP contribution >= 0.6 is 0 Å². The lowest BCUT2D eigenvalue weighted by molar-refractivity contribution is -0.116. The van der Waals surface area contributed by atoms with Crippen LogP contribution in [-0.4, -0.2) is 50.4 Å². The molecule has 10 nitrogen and oxygen atoms in total. The molecule has 1 fully saturated rings. The van der Waals surface area contributed by atoms with E-state index in [1.54, 1.807) is 0 Å². The molecule has 0 bridgehead atoms. The zero-order chi connectivity index (χ0) is 23.5. The molecule has 2 aromatic carbocycles. The third-order valence-corrected chi connectivity index (χ3v) is 8.37. The molecule has 1 saturated heterocycles. The fraction of sp³-hybridized carbons (Fsp3) is 0.286. The molecule has 174 valence electrons. The van der Waals surface area contributed by atoms with Gasteiger partial charge in [-0.2, -0.15) is 4.98 Å². The second-order valence-corrected chi connectivity index (χ2v) is 11.6. The van der Waals surface area contributed by atoms with Crippen LogP contribution in [0.5, 0.6) is 0 Å². The van der Waals surface area contributed by atoms with Gasteiger partial charge in [-0.3, -0.25) is 4.79 Å². The summed E-state index contributed by atoms with van der Waals surface area (Å²) in [5, 5.41) is 6.60. The minimum absolute atomic E-state index is 0.0101. The Morgan fingerprint density at radius 1 is 1.09 bits per heavy atom. The number of hydrogen-bond donors (Lipinski definition) is 2. The summed E-state index contributed by atoms with van der Waals surface area (Å²) in [4.78, 5) is 16.5. The molecule has 0 spiro atoms. The molecule has 1 aromatic heterocycles. The van der Waals surface area contributed by atoms with Gasteiger partial charge in [0.1, 0.15) is 0 Å². The van der Waals surface area contributed by atoms with E-state index in [1.807, 2.05) is 30.3 Å². The Bertz CT molecular complexity index is 1340. The number of benzene rings is 2. The van der Waals surface area contributed by atoms with E-state index in [-0.39, 0.29) is 41.6 Å². The lowest BCUT2D eigenvalue weighted by atomic mass is 10.2. The van der Waals surface area contributed by atoms with E-state index in [1.165, 1.54) is 24.3 Å². The third-order valence-electron chi connectivity index (χ3n) is 5.07. The predicted octanol–water partition coefficient (Wildman–Crippen LogP) is 1.77. The SMILES string of the molecule is O=C(CCc1nc(-c2ccccc2)no1)Nc1ccc(S(=O)(=O)NC2CCS(=O)(=O)C2)cc1. The Balaban J connectivity index is 1.30. The molecule has 1 unspecified atom stereocenters. The largest absolute Gasteiger partial charge is 0.339 e. The summed E-state index contributed by atoms with van der Waals surface area (Å²) in [6.45, 7) is 0. The van der Waals surface area contributed by atoms with Crippen molar-refractivity contribution >= 4 is 31.5 Å². The molecule has 1 atom stereocenters. The van der Waals surface area contributed by atoms with Gasteiger partial charge in [-0.15, -0.1) is 0 Å². The van der Waals surface area contributed by atoms with Crippen LogP contribution in [0.25, 0.3) is 11.4 Å². The maximum absolute atomic E-state index is 12.5. The Labute approximate surface area is 191 Å². The number of sulfonamides is 1. The molecule has 33 heavy (non-hydrogen) atoms. The standard InChI is InChI=1S/C21H22N4O6S2/c26-19(10-11-20-23-21(24-31-20)15-4-2-1-3-5-15)22-16-6-8-18(9-7-16)33(29,30)25-17-12-13-32(27,28)14-17/h1-9,17,25H,10-14H2,(H,22,26). The van der Waals surface area contributed by atoms with E-state index in [4.69, 9.17) is 4.52 Å². The van der Waals surface area contributed by atoms with Gasteiger partial charge in [0, 0.05) is 30.1 Å². The number of anilines is 1. The number of aryl methyl sites for hydroxylation is 1. The van der Waals surface area contributed by atoms with Crippen molar-refractivity contribution in [2.45, 2.75) is 30.2 Å². The van der Waals surface area contributed by atoms with Crippen molar-refractivity contribution in [3.05, 3.63) is 60.5 Å². The Hall–Kier alpha value is -3.09. The summed E-state index contributed by atoms with van der Waals surface area (Å²) in [5.41, 5.74) is 1.24. The smallest absolute Gasteiger partial charge is 0.240 e. The van der Waals surface area contributed by atoms with E-state index in [0.717, 1.165) is 5.56 Å². The number of carbonyl (C=O) groups excluding carboxylic acids is 1. The number of nitrogens with one attached hydrogen (secondary N) is 2. The Kier molecular flexibility index (Phi) is 6.58. The molecular weight excluding hydrogens is 468 g/mol. The highest BCUT2D eigenvalue weighted by Crippen LogP contribution is 2.19. The zero-order valence-electron chi connectivity index (χ0n) is 17.5. The summed E-state index contributed by atoms with van der Waals surface area (Å²) in [6.07, 6.45) is 0.614. The molecule has 4 rings (SSSR count). The Morgan fingerprint density at radius 3 is 2.48 bits per heavy atom. The van der Waals surface area contributed by atoms with Crippen LogP contribution in [0.4, 0.5) is 5.69 Å². The van der Waals surface area contributed by atoms with E-state index >= 15 is 0 Å². The minimum atomic E-state index is -3.86. The van der Waals surface area contributed by atoms with Crippen LogP contribution in [0.3, 0.4) is 0 Å². The van der Waals surface area contributed by atoms with Gasteiger partial charge >= 0.3 is 0 Å². The molecule has 1 aliphatic heterocycles. The number of hydrogen-bond acceptors (Lipinski definition) is 8. The average Bonchev–Trinajstić information content (AvgIpc) is 3.39. The molecule has 2 N–H and O–H groups in total. The summed E-state index contributed by atoms with van der Waals surface area (Å²) >= 11 is 0. The van der Waals surface area contributed by atoms with Gasteiger partial charge in [-0.1, -0.05) is 35.5 Å². The highest BCUT2D eigenvalue weighted by molar-refractivity contribution is 7.92. The fourth-order valence-electron chi connectivity index (χ4n) is 3.40. The topological polar surface area (TPSA) is 148 Å². The summed E-state index contributed by atoms with van der Waals surface area (Å²) in [6, 6.07) is 14.3. The first-order valence-corrected chi connectivity index (χ1v) is 13.5. The first-order chi connectivity index (χ1) is 15.7. The van der Waals surface area contributed by atoms with E-state index in [0.29, 0.717) is 17.4 Å². The normalized spacial score (nSPS) is 17.6. The molecule has 0 radical (unpaired) electrons. The van der Waals surface area contributed by atoms with Crippen LogP contribution in [0.2, 0.25) is 0 Å². The minimum Gasteiger partial charge on any atom is -0.339 e. The van der Waals surface area contributed by atoms with Crippen LogP contribution in [-0.2, 0) is 31.1 Å². The van der Waals surface area contributed by atoms with Crippen molar-refractivity contribution in [3.63, 3.8) is 0 Å². The molecule has 3 aromatic rings. The van der Waals surface area contributed by atoms with E-state index < -0.39 is 25.9 Å². The van der Waals surface area contributed by atoms with Crippen molar-refractivity contribution in [1.29, 1.82) is 0 Å². The van der Waals surface area contributed by atoms with Crippen LogP contribution in [0.15, 0.2) is 64.0 Å². The summed E-state index contributed by atoms with van der Waals surface area (Å²) < 4.78 is 55.6.